The zero-order chi connectivity index (χ0) is 26.7. The van der Waals surface area contributed by atoms with Crippen LogP contribution in [0, 0.1) is 6.92 Å². The van der Waals surface area contributed by atoms with Gasteiger partial charge in [-0.25, -0.2) is 9.82 Å². The Bertz CT molecular complexity index is 1550. The zero-order valence-corrected chi connectivity index (χ0v) is 22.6. The largest absolute Gasteiger partial charge is 0.347 e. The number of nitrogens with zero attached hydrogens (tertiary/aromatic N) is 2. The third-order valence-corrected chi connectivity index (χ3v) is 6.88. The van der Waals surface area contributed by atoms with Gasteiger partial charge in [0.05, 0.1) is 16.4 Å². The molecule has 4 aromatic rings. The van der Waals surface area contributed by atoms with Gasteiger partial charge in [0.25, 0.3) is 16.1 Å². The normalized spacial score (nSPS) is 11.5. The number of hydrogen-bond acceptors (Lipinski definition) is 4. The Morgan fingerprint density at radius 2 is 1.51 bits per heavy atom. The summed E-state index contributed by atoms with van der Waals surface area (Å²) in [4.78, 5) is 13.2. The van der Waals surface area contributed by atoms with E-state index < -0.39 is 10.2 Å². The highest BCUT2D eigenvalue weighted by molar-refractivity contribution is 7.87. The predicted octanol–water partition coefficient (Wildman–Crippen LogP) is 5.03. The maximum Gasteiger partial charge on any atom is 0.274 e. The van der Waals surface area contributed by atoms with Gasteiger partial charge in [-0.05, 0) is 48.4 Å². The topological polar surface area (TPSA) is 119 Å². The van der Waals surface area contributed by atoms with Crippen molar-refractivity contribution in [1.29, 1.82) is 0 Å². The van der Waals surface area contributed by atoms with Gasteiger partial charge in [0, 0.05) is 34.3 Å². The van der Waals surface area contributed by atoms with Gasteiger partial charge in [0.1, 0.15) is 0 Å². The molecule has 0 saturated heterocycles. The standard InChI is InChI=1S/C25H22Cl3N5O3S/c1-15-23(25(34)30-13-16-2-4-17(5-3-16)14-31-37(29,35)36)32-33(22-11-10-20(27)12-21(22)28)24(15)18-6-8-19(26)9-7-18/h2-12,31H,13-14H2,1H3,(H,30,34)(H2,29,35,36). The summed E-state index contributed by atoms with van der Waals surface area (Å²) in [6.45, 7) is 2.13. The van der Waals surface area contributed by atoms with Crippen LogP contribution in [0.4, 0.5) is 0 Å². The minimum Gasteiger partial charge on any atom is -0.347 e. The minimum absolute atomic E-state index is 0.0723. The van der Waals surface area contributed by atoms with Crippen LogP contribution in [-0.4, -0.2) is 24.1 Å². The molecule has 1 amide bonds. The van der Waals surface area contributed by atoms with Crippen LogP contribution in [0.3, 0.4) is 0 Å². The number of halogens is 3. The summed E-state index contributed by atoms with van der Waals surface area (Å²) >= 11 is 18.6. The van der Waals surface area contributed by atoms with Crippen molar-refractivity contribution >= 4 is 50.9 Å². The Morgan fingerprint density at radius 3 is 2.11 bits per heavy atom. The highest BCUT2D eigenvalue weighted by Gasteiger charge is 2.23. The Labute approximate surface area is 229 Å². The number of carbonyl (C=O) groups excluding carboxylic acids is 1. The molecule has 0 unspecified atom stereocenters. The fraction of sp³-hybridized carbons (Fsp3) is 0.120. The Balaban J connectivity index is 1.60. The van der Waals surface area contributed by atoms with Gasteiger partial charge in [0.15, 0.2) is 5.69 Å². The van der Waals surface area contributed by atoms with Gasteiger partial charge in [-0.1, -0.05) is 71.2 Å². The molecule has 4 rings (SSSR count). The summed E-state index contributed by atoms with van der Waals surface area (Å²) in [5.41, 5.74) is 4.53. The van der Waals surface area contributed by atoms with Crippen molar-refractivity contribution in [3.05, 3.63) is 104 Å². The second-order valence-corrected chi connectivity index (χ2v) is 10.9. The van der Waals surface area contributed by atoms with Crippen LogP contribution >= 0.6 is 34.8 Å². The molecule has 4 N–H and O–H groups in total. The molecule has 192 valence electrons. The highest BCUT2D eigenvalue weighted by Crippen LogP contribution is 2.33. The molecule has 3 aromatic carbocycles. The van der Waals surface area contributed by atoms with Gasteiger partial charge in [0.2, 0.25) is 0 Å². The third kappa shape index (κ3) is 6.70. The summed E-state index contributed by atoms with van der Waals surface area (Å²) in [6.07, 6.45) is 0. The SMILES string of the molecule is Cc1c(C(=O)NCc2ccc(CNS(N)(=O)=O)cc2)nn(-c2ccc(Cl)cc2Cl)c1-c1ccc(Cl)cc1. The third-order valence-electron chi connectivity index (χ3n) is 5.55. The first-order valence-corrected chi connectivity index (χ1v) is 13.6. The number of aromatic nitrogens is 2. The van der Waals surface area contributed by atoms with Gasteiger partial charge in [-0.3, -0.25) is 4.79 Å². The van der Waals surface area contributed by atoms with Crippen LogP contribution in [0.1, 0.15) is 27.2 Å². The van der Waals surface area contributed by atoms with E-state index >= 15 is 0 Å². The van der Waals surface area contributed by atoms with E-state index in [2.05, 4.69) is 15.1 Å². The smallest absolute Gasteiger partial charge is 0.274 e. The van der Waals surface area contributed by atoms with E-state index in [-0.39, 0.29) is 24.7 Å². The molecule has 0 saturated carbocycles. The summed E-state index contributed by atoms with van der Waals surface area (Å²) in [7, 11) is -3.77. The molecule has 1 aromatic heterocycles. The lowest BCUT2D eigenvalue weighted by Crippen LogP contribution is -2.30. The van der Waals surface area contributed by atoms with Crippen molar-refractivity contribution in [2.75, 3.05) is 0 Å². The van der Waals surface area contributed by atoms with E-state index in [1.165, 1.54) is 0 Å². The number of amides is 1. The first-order chi connectivity index (χ1) is 17.5. The Hall–Kier alpha value is -2.92. The molecule has 0 spiro atoms. The van der Waals surface area contributed by atoms with Crippen LogP contribution in [0.5, 0.6) is 0 Å². The second-order valence-electron chi connectivity index (χ2n) is 8.20. The molecule has 12 heteroatoms. The van der Waals surface area contributed by atoms with Crippen molar-refractivity contribution in [1.82, 2.24) is 19.8 Å². The number of carbonyl (C=O) groups is 1. The molecule has 0 radical (unpaired) electrons. The summed E-state index contributed by atoms with van der Waals surface area (Å²) in [5.74, 6) is -0.364. The minimum atomic E-state index is -3.77. The Morgan fingerprint density at radius 1 is 0.919 bits per heavy atom. The fourth-order valence-corrected chi connectivity index (χ4v) is 4.69. The lowest BCUT2D eigenvalue weighted by atomic mass is 10.1. The van der Waals surface area contributed by atoms with Crippen LogP contribution in [0.15, 0.2) is 66.7 Å². The van der Waals surface area contributed by atoms with Gasteiger partial charge < -0.3 is 5.32 Å². The van der Waals surface area contributed by atoms with Crippen molar-refractivity contribution in [2.45, 2.75) is 20.0 Å². The maximum atomic E-state index is 13.2. The van der Waals surface area contributed by atoms with Gasteiger partial charge in [-0.15, -0.1) is 0 Å². The monoisotopic (exact) mass is 577 g/mol. The van der Waals surface area contributed by atoms with Gasteiger partial charge >= 0.3 is 0 Å². The van der Waals surface area contributed by atoms with E-state index in [1.807, 2.05) is 19.1 Å². The van der Waals surface area contributed by atoms with Crippen LogP contribution in [0.25, 0.3) is 16.9 Å². The first-order valence-electron chi connectivity index (χ1n) is 11.0. The van der Waals surface area contributed by atoms with E-state index in [0.717, 1.165) is 16.7 Å². The average Bonchev–Trinajstić information content (AvgIpc) is 3.18. The molecule has 8 nitrogen and oxygen atoms in total. The molecular formula is C25H22Cl3N5O3S. The first kappa shape index (κ1) is 27.1. The predicted molar refractivity (Wildman–Crippen MR) is 146 cm³/mol. The van der Waals surface area contributed by atoms with Crippen LogP contribution in [0.2, 0.25) is 15.1 Å². The second kappa shape index (κ2) is 11.2. The van der Waals surface area contributed by atoms with E-state index in [9.17, 15) is 13.2 Å². The summed E-state index contributed by atoms with van der Waals surface area (Å²) in [5, 5.41) is 13.9. The average molecular weight is 579 g/mol. The van der Waals surface area contributed by atoms with Crippen molar-refractivity contribution in [2.24, 2.45) is 5.14 Å². The number of nitrogens with one attached hydrogen (secondary N) is 2. The molecule has 0 atom stereocenters. The van der Waals surface area contributed by atoms with E-state index in [1.54, 1.807) is 59.3 Å². The van der Waals surface area contributed by atoms with E-state index in [4.69, 9.17) is 39.9 Å². The fourth-order valence-electron chi connectivity index (χ4n) is 3.71. The maximum absolute atomic E-state index is 13.2. The lowest BCUT2D eigenvalue weighted by Gasteiger charge is -2.11. The van der Waals surface area contributed by atoms with Crippen molar-refractivity contribution < 1.29 is 13.2 Å². The molecule has 0 fully saturated rings. The van der Waals surface area contributed by atoms with E-state index in [0.29, 0.717) is 32.0 Å². The molecule has 0 aliphatic rings. The van der Waals surface area contributed by atoms with Crippen molar-refractivity contribution in [3.63, 3.8) is 0 Å². The molecule has 0 aliphatic heterocycles. The molecular weight excluding hydrogens is 557 g/mol. The van der Waals surface area contributed by atoms with Crippen molar-refractivity contribution in [3.8, 4) is 16.9 Å². The van der Waals surface area contributed by atoms with Crippen LogP contribution < -0.4 is 15.2 Å². The summed E-state index contributed by atoms with van der Waals surface area (Å²) < 4.78 is 26.0. The lowest BCUT2D eigenvalue weighted by molar-refractivity contribution is 0.0945. The quantitative estimate of drug-likeness (QED) is 0.272. The molecule has 37 heavy (non-hydrogen) atoms. The number of rotatable bonds is 8. The van der Waals surface area contributed by atoms with Gasteiger partial charge in [-0.2, -0.15) is 18.2 Å². The highest BCUT2D eigenvalue weighted by atomic mass is 35.5. The number of nitrogens with two attached hydrogens (primary N) is 1. The molecule has 0 bridgehead atoms. The molecule has 1 heterocycles. The zero-order valence-electron chi connectivity index (χ0n) is 19.5. The number of benzene rings is 3. The van der Waals surface area contributed by atoms with Crippen LogP contribution in [-0.2, 0) is 23.3 Å². The summed E-state index contributed by atoms with van der Waals surface area (Å²) in [6, 6.07) is 19.4. The molecule has 0 aliphatic carbocycles. The Kier molecular flexibility index (Phi) is 8.23. The number of hydrogen-bond donors (Lipinski definition) is 3.